The van der Waals surface area contributed by atoms with E-state index in [0.717, 1.165) is 33.8 Å². The van der Waals surface area contributed by atoms with E-state index in [1.165, 1.54) is 6.33 Å². The van der Waals surface area contributed by atoms with Gasteiger partial charge in [-0.1, -0.05) is 0 Å². The highest BCUT2D eigenvalue weighted by atomic mass is 35.5. The number of aromatic amines is 1. The zero-order chi connectivity index (χ0) is 13.5. The van der Waals surface area contributed by atoms with Gasteiger partial charge in [0.1, 0.15) is 17.8 Å². The van der Waals surface area contributed by atoms with E-state index >= 15 is 0 Å². The number of amides is 1. The summed E-state index contributed by atoms with van der Waals surface area (Å²) in [5.74, 6) is 0.778. The number of aromatic nitrogens is 3. The molecule has 3 aromatic rings. The summed E-state index contributed by atoms with van der Waals surface area (Å²) >= 11 is 0. The maximum absolute atomic E-state index is 11.4. The first kappa shape index (κ1) is 13.4. The monoisotopic (exact) mass is 301 g/mol. The van der Waals surface area contributed by atoms with E-state index < -0.39 is 0 Å². The van der Waals surface area contributed by atoms with Crippen LogP contribution in [0.4, 0.5) is 17.2 Å². The van der Waals surface area contributed by atoms with Crippen LogP contribution in [0.3, 0.4) is 0 Å². The Labute approximate surface area is 126 Å². The number of halogens is 1. The predicted octanol–water partition coefficient (Wildman–Crippen LogP) is 2.62. The average Bonchev–Trinajstić information content (AvgIpc) is 3.03. The zero-order valence-electron chi connectivity index (χ0n) is 10.9. The molecule has 106 valence electrons. The molecular weight excluding hydrogens is 290 g/mol. The third-order valence-corrected chi connectivity index (χ3v) is 3.35. The van der Waals surface area contributed by atoms with Crippen molar-refractivity contribution in [3.63, 3.8) is 0 Å². The highest BCUT2D eigenvalue weighted by molar-refractivity contribution is 5.99. The Kier molecular flexibility index (Phi) is 3.23. The van der Waals surface area contributed by atoms with Crippen LogP contribution in [0.5, 0.6) is 0 Å². The molecule has 0 unspecified atom stereocenters. The topological polar surface area (TPSA) is 82.7 Å². The number of benzene rings is 1. The van der Waals surface area contributed by atoms with Gasteiger partial charge < -0.3 is 15.6 Å². The van der Waals surface area contributed by atoms with Crippen LogP contribution in [0.15, 0.2) is 36.8 Å². The van der Waals surface area contributed by atoms with Crippen molar-refractivity contribution in [3.05, 3.63) is 42.4 Å². The van der Waals surface area contributed by atoms with Crippen LogP contribution >= 0.6 is 12.4 Å². The Balaban J connectivity index is 0.00000132. The number of hydrogen-bond donors (Lipinski definition) is 3. The van der Waals surface area contributed by atoms with Crippen LogP contribution in [0.2, 0.25) is 0 Å². The lowest BCUT2D eigenvalue weighted by Gasteiger charge is -2.08. The fourth-order valence-corrected chi connectivity index (χ4v) is 2.42. The molecule has 0 saturated heterocycles. The average molecular weight is 302 g/mol. The van der Waals surface area contributed by atoms with Crippen molar-refractivity contribution in [1.82, 2.24) is 15.0 Å². The molecule has 1 aliphatic heterocycles. The molecular formula is C14H12ClN5O. The molecule has 3 heterocycles. The summed E-state index contributed by atoms with van der Waals surface area (Å²) in [6.45, 7) is 0. The van der Waals surface area contributed by atoms with E-state index in [1.807, 2.05) is 30.5 Å². The van der Waals surface area contributed by atoms with Gasteiger partial charge in [0, 0.05) is 17.6 Å². The molecule has 0 fully saturated rings. The normalized spacial score (nSPS) is 12.7. The van der Waals surface area contributed by atoms with Crippen LogP contribution in [0.25, 0.3) is 11.0 Å². The third kappa shape index (κ3) is 2.30. The van der Waals surface area contributed by atoms with Gasteiger partial charge in [0.25, 0.3) is 0 Å². The van der Waals surface area contributed by atoms with Crippen LogP contribution in [0.1, 0.15) is 5.56 Å². The van der Waals surface area contributed by atoms with E-state index in [0.29, 0.717) is 6.42 Å². The van der Waals surface area contributed by atoms with E-state index in [1.54, 1.807) is 0 Å². The number of nitrogens with one attached hydrogen (secondary N) is 3. The minimum Gasteiger partial charge on any atom is -0.346 e. The van der Waals surface area contributed by atoms with Crippen molar-refractivity contribution >= 4 is 46.5 Å². The molecule has 0 saturated carbocycles. The Morgan fingerprint density at radius 1 is 1.19 bits per heavy atom. The number of H-pyrrole nitrogens is 1. The summed E-state index contributed by atoms with van der Waals surface area (Å²) in [6.07, 6.45) is 3.77. The van der Waals surface area contributed by atoms with E-state index in [-0.39, 0.29) is 18.3 Å². The Bertz CT molecular complexity index is 829. The molecule has 0 bridgehead atoms. The quantitative estimate of drug-likeness (QED) is 0.679. The predicted molar refractivity (Wildman–Crippen MR) is 83.2 cm³/mol. The molecule has 4 rings (SSSR count). The summed E-state index contributed by atoms with van der Waals surface area (Å²) in [4.78, 5) is 22.8. The van der Waals surface area contributed by atoms with E-state index in [4.69, 9.17) is 0 Å². The van der Waals surface area contributed by atoms with Gasteiger partial charge >= 0.3 is 0 Å². The molecule has 1 aliphatic rings. The molecule has 3 N–H and O–H groups in total. The number of rotatable bonds is 2. The number of carbonyl (C=O) groups excluding carboxylic acids is 1. The second kappa shape index (κ2) is 5.06. The molecule has 21 heavy (non-hydrogen) atoms. The van der Waals surface area contributed by atoms with Gasteiger partial charge in [-0.15, -0.1) is 12.4 Å². The van der Waals surface area contributed by atoms with Crippen molar-refractivity contribution in [2.75, 3.05) is 10.6 Å². The summed E-state index contributed by atoms with van der Waals surface area (Å²) in [6, 6.07) is 7.72. The highest BCUT2D eigenvalue weighted by Gasteiger charge is 2.17. The molecule has 0 radical (unpaired) electrons. The van der Waals surface area contributed by atoms with Crippen LogP contribution in [-0.2, 0) is 11.2 Å². The second-order valence-electron chi connectivity index (χ2n) is 4.68. The first-order valence-corrected chi connectivity index (χ1v) is 6.27. The maximum Gasteiger partial charge on any atom is 0.228 e. The number of fused-ring (bicyclic) bond motifs is 2. The van der Waals surface area contributed by atoms with Gasteiger partial charge in [-0.2, -0.15) is 0 Å². The number of nitrogens with zero attached hydrogens (tertiary/aromatic N) is 2. The first-order valence-electron chi connectivity index (χ1n) is 6.27. The second-order valence-corrected chi connectivity index (χ2v) is 4.68. The summed E-state index contributed by atoms with van der Waals surface area (Å²) in [5, 5.41) is 7.02. The Morgan fingerprint density at radius 3 is 3.00 bits per heavy atom. The molecule has 6 nitrogen and oxygen atoms in total. The van der Waals surface area contributed by atoms with E-state index in [2.05, 4.69) is 25.6 Å². The molecule has 0 aliphatic carbocycles. The summed E-state index contributed by atoms with van der Waals surface area (Å²) in [7, 11) is 0. The van der Waals surface area contributed by atoms with Gasteiger partial charge in [0.05, 0.1) is 11.8 Å². The molecule has 1 amide bonds. The molecule has 0 atom stereocenters. The van der Waals surface area contributed by atoms with Gasteiger partial charge in [-0.05, 0) is 29.8 Å². The fraction of sp³-hybridized carbons (Fsp3) is 0.0714. The Hall–Kier alpha value is -2.60. The molecule has 1 aromatic carbocycles. The summed E-state index contributed by atoms with van der Waals surface area (Å²) in [5.41, 5.74) is 3.58. The van der Waals surface area contributed by atoms with Crippen molar-refractivity contribution < 1.29 is 4.79 Å². The lowest BCUT2D eigenvalue weighted by molar-refractivity contribution is -0.115. The van der Waals surface area contributed by atoms with Crippen molar-refractivity contribution in [1.29, 1.82) is 0 Å². The first-order chi connectivity index (χ1) is 9.79. The summed E-state index contributed by atoms with van der Waals surface area (Å²) < 4.78 is 0. The minimum absolute atomic E-state index is 0. The van der Waals surface area contributed by atoms with Gasteiger partial charge in [-0.3, -0.25) is 4.79 Å². The minimum atomic E-state index is 0. The molecule has 7 heteroatoms. The van der Waals surface area contributed by atoms with Crippen molar-refractivity contribution in [2.45, 2.75) is 6.42 Å². The molecule has 0 spiro atoms. The van der Waals surface area contributed by atoms with Gasteiger partial charge in [-0.25, -0.2) is 9.97 Å². The van der Waals surface area contributed by atoms with Gasteiger partial charge in [0.15, 0.2) is 0 Å². The number of anilines is 3. The Morgan fingerprint density at radius 2 is 2.10 bits per heavy atom. The standard InChI is InChI=1S/C14H11N5O.ClH/c20-12-6-8-5-9(1-2-11(8)19-12)18-14-10-3-4-15-13(10)16-7-17-14;/h1-5,7H,6H2,(H,19,20)(H2,15,16,17,18);1H. The number of carbonyl (C=O) groups is 1. The lowest BCUT2D eigenvalue weighted by Crippen LogP contribution is -2.03. The number of hydrogen-bond acceptors (Lipinski definition) is 4. The van der Waals surface area contributed by atoms with Crippen LogP contribution in [0, 0.1) is 0 Å². The van der Waals surface area contributed by atoms with Gasteiger partial charge in [0.2, 0.25) is 5.91 Å². The SMILES string of the molecule is Cl.O=C1Cc2cc(Nc3ncnc4[nH]ccc34)ccc2N1. The van der Waals surface area contributed by atoms with Crippen molar-refractivity contribution in [2.24, 2.45) is 0 Å². The van der Waals surface area contributed by atoms with Crippen LogP contribution < -0.4 is 10.6 Å². The smallest absolute Gasteiger partial charge is 0.228 e. The van der Waals surface area contributed by atoms with Crippen LogP contribution in [-0.4, -0.2) is 20.9 Å². The fourth-order valence-electron chi connectivity index (χ4n) is 2.42. The zero-order valence-corrected chi connectivity index (χ0v) is 11.7. The maximum atomic E-state index is 11.4. The largest absolute Gasteiger partial charge is 0.346 e. The van der Waals surface area contributed by atoms with Crippen molar-refractivity contribution in [3.8, 4) is 0 Å². The highest BCUT2D eigenvalue weighted by Crippen LogP contribution is 2.28. The lowest BCUT2D eigenvalue weighted by atomic mass is 10.1. The third-order valence-electron chi connectivity index (χ3n) is 3.35. The van der Waals surface area contributed by atoms with E-state index in [9.17, 15) is 4.79 Å². The molecule has 2 aromatic heterocycles.